The van der Waals surface area contributed by atoms with Gasteiger partial charge in [-0.15, -0.1) is 11.3 Å². The van der Waals surface area contributed by atoms with Gasteiger partial charge in [0, 0.05) is 17.3 Å². The number of thiophene rings is 1. The monoisotopic (exact) mass is 273 g/mol. The summed E-state index contributed by atoms with van der Waals surface area (Å²) in [4.78, 5) is 1.46. The molecule has 0 radical (unpaired) electrons. The summed E-state index contributed by atoms with van der Waals surface area (Å²) in [5.74, 6) is 1.44. The molecule has 14 heavy (non-hydrogen) atoms. The summed E-state index contributed by atoms with van der Waals surface area (Å²) in [5.41, 5.74) is 5.89. The van der Waals surface area contributed by atoms with Crippen LogP contribution in [0.25, 0.3) is 0 Å². The molecule has 1 saturated carbocycles. The molecule has 0 saturated heterocycles. The van der Waals surface area contributed by atoms with Gasteiger partial charge in [-0.05, 0) is 46.8 Å². The van der Waals surface area contributed by atoms with Crippen LogP contribution in [0.1, 0.15) is 36.5 Å². The second-order valence-electron chi connectivity index (χ2n) is 4.03. The van der Waals surface area contributed by atoms with Crippen molar-refractivity contribution in [3.8, 4) is 0 Å². The fourth-order valence-electron chi connectivity index (χ4n) is 2.43. The van der Waals surface area contributed by atoms with Crippen molar-refractivity contribution in [2.45, 2.75) is 31.6 Å². The SMILES string of the molecule is NCC(c1ccc(Br)s1)C1CCCC1. The molecule has 2 N–H and O–H groups in total. The molecule has 0 aliphatic heterocycles. The van der Waals surface area contributed by atoms with Crippen LogP contribution in [0.3, 0.4) is 0 Å². The van der Waals surface area contributed by atoms with Crippen LogP contribution in [0.5, 0.6) is 0 Å². The molecule has 1 fully saturated rings. The lowest BCUT2D eigenvalue weighted by molar-refractivity contribution is 0.446. The summed E-state index contributed by atoms with van der Waals surface area (Å²) >= 11 is 5.36. The minimum atomic E-state index is 0.605. The molecule has 1 aromatic heterocycles. The Hall–Kier alpha value is 0.140. The van der Waals surface area contributed by atoms with Crippen LogP contribution >= 0.6 is 27.3 Å². The van der Waals surface area contributed by atoms with Crippen molar-refractivity contribution in [3.05, 3.63) is 20.8 Å². The van der Waals surface area contributed by atoms with E-state index in [0.717, 1.165) is 12.5 Å². The van der Waals surface area contributed by atoms with E-state index in [0.29, 0.717) is 5.92 Å². The maximum Gasteiger partial charge on any atom is 0.0701 e. The van der Waals surface area contributed by atoms with Crippen LogP contribution in [-0.4, -0.2) is 6.54 Å². The van der Waals surface area contributed by atoms with Crippen molar-refractivity contribution >= 4 is 27.3 Å². The van der Waals surface area contributed by atoms with Crippen LogP contribution < -0.4 is 5.73 Å². The van der Waals surface area contributed by atoms with E-state index < -0.39 is 0 Å². The molecule has 1 atom stereocenters. The fraction of sp³-hybridized carbons (Fsp3) is 0.636. The van der Waals surface area contributed by atoms with Gasteiger partial charge in [-0.25, -0.2) is 0 Å². The van der Waals surface area contributed by atoms with Crippen LogP contribution in [0.2, 0.25) is 0 Å². The minimum Gasteiger partial charge on any atom is -0.330 e. The van der Waals surface area contributed by atoms with Gasteiger partial charge in [0.25, 0.3) is 0 Å². The Morgan fingerprint density at radius 2 is 2.14 bits per heavy atom. The van der Waals surface area contributed by atoms with Crippen molar-refractivity contribution in [3.63, 3.8) is 0 Å². The summed E-state index contributed by atoms with van der Waals surface area (Å²) < 4.78 is 1.23. The molecule has 1 unspecified atom stereocenters. The molecule has 2 rings (SSSR count). The second-order valence-corrected chi connectivity index (χ2v) is 6.52. The zero-order chi connectivity index (χ0) is 9.97. The average molecular weight is 274 g/mol. The predicted octanol–water partition coefficient (Wildman–Crippen LogP) is 3.74. The van der Waals surface area contributed by atoms with Crippen molar-refractivity contribution in [1.82, 2.24) is 0 Å². The summed E-state index contributed by atoms with van der Waals surface area (Å²) in [7, 11) is 0. The van der Waals surface area contributed by atoms with E-state index in [4.69, 9.17) is 5.73 Å². The zero-order valence-corrected chi connectivity index (χ0v) is 10.6. The molecule has 0 bridgehead atoms. The van der Waals surface area contributed by atoms with E-state index in [1.807, 2.05) is 11.3 Å². The first kappa shape index (κ1) is 10.7. The molecular weight excluding hydrogens is 258 g/mol. The minimum absolute atomic E-state index is 0.605. The molecule has 0 aromatic carbocycles. The maximum atomic E-state index is 5.89. The lowest BCUT2D eigenvalue weighted by Gasteiger charge is -2.20. The summed E-state index contributed by atoms with van der Waals surface area (Å²) in [6.07, 6.45) is 5.54. The van der Waals surface area contributed by atoms with E-state index >= 15 is 0 Å². The van der Waals surface area contributed by atoms with Crippen molar-refractivity contribution in [1.29, 1.82) is 0 Å². The van der Waals surface area contributed by atoms with Gasteiger partial charge < -0.3 is 5.73 Å². The lowest BCUT2D eigenvalue weighted by Crippen LogP contribution is -2.18. The topological polar surface area (TPSA) is 26.0 Å². The quantitative estimate of drug-likeness (QED) is 0.892. The van der Waals surface area contributed by atoms with E-state index in [1.54, 1.807) is 0 Å². The largest absolute Gasteiger partial charge is 0.330 e. The van der Waals surface area contributed by atoms with Crippen LogP contribution in [0, 0.1) is 5.92 Å². The molecular formula is C11H16BrNS. The summed E-state index contributed by atoms with van der Waals surface area (Å²) in [5, 5.41) is 0. The summed E-state index contributed by atoms with van der Waals surface area (Å²) in [6.45, 7) is 0.803. The number of rotatable bonds is 3. The fourth-order valence-corrected chi connectivity index (χ4v) is 4.06. The van der Waals surface area contributed by atoms with E-state index in [1.165, 1.54) is 34.3 Å². The van der Waals surface area contributed by atoms with Gasteiger partial charge in [-0.3, -0.25) is 0 Å². The Bertz CT molecular complexity index is 291. The third-order valence-corrected chi connectivity index (χ3v) is 4.94. The van der Waals surface area contributed by atoms with Crippen LogP contribution in [0.4, 0.5) is 0 Å². The van der Waals surface area contributed by atoms with Gasteiger partial charge in [0.05, 0.1) is 3.79 Å². The number of hydrogen-bond acceptors (Lipinski definition) is 2. The van der Waals surface area contributed by atoms with Crippen molar-refractivity contribution in [2.75, 3.05) is 6.54 Å². The summed E-state index contributed by atoms with van der Waals surface area (Å²) in [6, 6.07) is 4.36. The van der Waals surface area contributed by atoms with Gasteiger partial charge in [-0.2, -0.15) is 0 Å². The third-order valence-electron chi connectivity index (χ3n) is 3.18. The first-order valence-electron chi connectivity index (χ1n) is 5.26. The number of halogens is 1. The highest BCUT2D eigenvalue weighted by Gasteiger charge is 2.26. The molecule has 1 nitrogen and oxygen atoms in total. The third kappa shape index (κ3) is 2.20. The predicted molar refractivity (Wildman–Crippen MR) is 65.8 cm³/mol. The number of hydrogen-bond donors (Lipinski definition) is 1. The highest BCUT2D eigenvalue weighted by atomic mass is 79.9. The smallest absolute Gasteiger partial charge is 0.0701 e. The lowest BCUT2D eigenvalue weighted by atomic mass is 9.90. The molecule has 1 aromatic rings. The molecule has 0 amide bonds. The Morgan fingerprint density at radius 1 is 1.43 bits per heavy atom. The van der Waals surface area contributed by atoms with E-state index in [9.17, 15) is 0 Å². The second kappa shape index (κ2) is 4.77. The molecule has 1 aliphatic rings. The molecule has 1 heterocycles. The van der Waals surface area contributed by atoms with Gasteiger partial charge in [0.1, 0.15) is 0 Å². The first-order chi connectivity index (χ1) is 6.81. The van der Waals surface area contributed by atoms with Crippen molar-refractivity contribution in [2.24, 2.45) is 11.7 Å². The standard InChI is InChI=1S/C11H16BrNS/c12-11-6-5-10(14-11)9(7-13)8-3-1-2-4-8/h5-6,8-9H,1-4,7,13H2. The maximum absolute atomic E-state index is 5.89. The highest BCUT2D eigenvalue weighted by molar-refractivity contribution is 9.11. The van der Waals surface area contributed by atoms with Crippen LogP contribution in [0.15, 0.2) is 15.9 Å². The van der Waals surface area contributed by atoms with E-state index in [-0.39, 0.29) is 0 Å². The molecule has 3 heteroatoms. The molecule has 1 aliphatic carbocycles. The van der Waals surface area contributed by atoms with E-state index in [2.05, 4.69) is 28.1 Å². The van der Waals surface area contributed by atoms with Gasteiger partial charge in [0.2, 0.25) is 0 Å². The Labute approximate surface area is 97.8 Å². The Kier molecular flexibility index (Phi) is 3.63. The Balaban J connectivity index is 2.12. The zero-order valence-electron chi connectivity index (χ0n) is 8.21. The Morgan fingerprint density at radius 3 is 2.64 bits per heavy atom. The number of nitrogens with two attached hydrogens (primary N) is 1. The van der Waals surface area contributed by atoms with Gasteiger partial charge in [-0.1, -0.05) is 12.8 Å². The highest BCUT2D eigenvalue weighted by Crippen LogP contribution is 2.39. The normalized spacial score (nSPS) is 20.1. The first-order valence-corrected chi connectivity index (χ1v) is 6.87. The van der Waals surface area contributed by atoms with Crippen LogP contribution in [-0.2, 0) is 0 Å². The van der Waals surface area contributed by atoms with Gasteiger partial charge >= 0.3 is 0 Å². The average Bonchev–Trinajstić information content (AvgIpc) is 2.79. The van der Waals surface area contributed by atoms with Gasteiger partial charge in [0.15, 0.2) is 0 Å². The van der Waals surface area contributed by atoms with Crippen molar-refractivity contribution < 1.29 is 0 Å². The molecule has 78 valence electrons. The molecule has 0 spiro atoms.